The predicted octanol–water partition coefficient (Wildman–Crippen LogP) is 1.71. The molecule has 1 aliphatic heterocycles. The first kappa shape index (κ1) is 12.1. The fraction of sp³-hybridized carbons (Fsp3) is 0.500. The van der Waals surface area contributed by atoms with Crippen molar-refractivity contribution < 1.29 is 4.79 Å². The Kier molecular flexibility index (Phi) is 4.15. The maximum Gasteiger partial charge on any atom is 0.236 e. The lowest BCUT2D eigenvalue weighted by molar-refractivity contribution is -0.131. The Labute approximate surface area is 103 Å². The van der Waals surface area contributed by atoms with Crippen LogP contribution >= 0.6 is 0 Å². The molecule has 2 rings (SSSR count). The highest BCUT2D eigenvalue weighted by atomic mass is 16.2. The number of aryl methyl sites for hydroxylation is 1. The van der Waals surface area contributed by atoms with Gasteiger partial charge in [-0.15, -0.1) is 0 Å². The lowest BCUT2D eigenvalue weighted by Crippen LogP contribution is -2.40. The molecule has 1 aromatic carbocycles. The smallest absolute Gasteiger partial charge is 0.236 e. The van der Waals surface area contributed by atoms with E-state index in [1.165, 1.54) is 11.1 Å². The van der Waals surface area contributed by atoms with Gasteiger partial charge in [0, 0.05) is 13.1 Å². The van der Waals surface area contributed by atoms with Gasteiger partial charge in [0.15, 0.2) is 0 Å². The number of amides is 1. The Morgan fingerprint density at radius 3 is 2.76 bits per heavy atom. The molecule has 0 aromatic heterocycles. The van der Waals surface area contributed by atoms with Crippen molar-refractivity contribution in [3.63, 3.8) is 0 Å². The summed E-state index contributed by atoms with van der Waals surface area (Å²) in [4.78, 5) is 13.9. The Hall–Kier alpha value is -1.35. The molecule has 1 fully saturated rings. The largest absolute Gasteiger partial charge is 0.337 e. The van der Waals surface area contributed by atoms with Crippen LogP contribution in [0.4, 0.5) is 0 Å². The van der Waals surface area contributed by atoms with Crippen molar-refractivity contribution >= 4 is 5.91 Å². The molecule has 0 aliphatic carbocycles. The van der Waals surface area contributed by atoms with Gasteiger partial charge in [-0.2, -0.15) is 0 Å². The standard InChI is InChI=1S/C14H20N2O/c1-12-4-6-13(7-5-12)11-16-9-3-2-8-15-10-14(16)17/h4-7,15H,2-3,8-11H2,1H3. The van der Waals surface area contributed by atoms with Gasteiger partial charge in [-0.25, -0.2) is 0 Å². The average Bonchev–Trinajstić information content (AvgIpc) is 2.31. The van der Waals surface area contributed by atoms with E-state index in [2.05, 4.69) is 36.5 Å². The highest BCUT2D eigenvalue weighted by molar-refractivity contribution is 5.78. The molecule has 1 heterocycles. The van der Waals surface area contributed by atoms with E-state index < -0.39 is 0 Å². The van der Waals surface area contributed by atoms with Gasteiger partial charge in [-0.05, 0) is 31.9 Å². The second-order valence-electron chi connectivity index (χ2n) is 4.68. The zero-order valence-electron chi connectivity index (χ0n) is 10.4. The second-order valence-corrected chi connectivity index (χ2v) is 4.68. The molecule has 0 saturated carbocycles. The first-order valence-corrected chi connectivity index (χ1v) is 6.30. The SMILES string of the molecule is Cc1ccc(CN2CCCCNCC2=O)cc1. The third kappa shape index (κ3) is 3.56. The maximum atomic E-state index is 11.9. The van der Waals surface area contributed by atoms with Gasteiger partial charge < -0.3 is 10.2 Å². The van der Waals surface area contributed by atoms with Crippen LogP contribution in [0.3, 0.4) is 0 Å². The van der Waals surface area contributed by atoms with Gasteiger partial charge in [0.25, 0.3) is 0 Å². The minimum absolute atomic E-state index is 0.213. The van der Waals surface area contributed by atoms with E-state index in [4.69, 9.17) is 0 Å². The molecule has 0 spiro atoms. The molecule has 0 atom stereocenters. The third-order valence-corrected chi connectivity index (χ3v) is 3.15. The average molecular weight is 232 g/mol. The normalized spacial score (nSPS) is 17.7. The summed E-state index contributed by atoms with van der Waals surface area (Å²) in [5.74, 6) is 0.213. The summed E-state index contributed by atoms with van der Waals surface area (Å²) in [6.45, 7) is 5.14. The van der Waals surface area contributed by atoms with Gasteiger partial charge in [0.05, 0.1) is 6.54 Å². The number of benzene rings is 1. The number of hydrogen-bond acceptors (Lipinski definition) is 2. The van der Waals surface area contributed by atoms with Crippen molar-refractivity contribution in [2.45, 2.75) is 26.3 Å². The third-order valence-electron chi connectivity index (χ3n) is 3.15. The van der Waals surface area contributed by atoms with Crippen LogP contribution in [0.5, 0.6) is 0 Å². The van der Waals surface area contributed by atoms with E-state index in [1.807, 2.05) is 4.90 Å². The molecule has 92 valence electrons. The lowest BCUT2D eigenvalue weighted by Gasteiger charge is -2.25. The van der Waals surface area contributed by atoms with Crippen molar-refractivity contribution in [1.82, 2.24) is 10.2 Å². The summed E-state index contributed by atoms with van der Waals surface area (Å²) >= 11 is 0. The number of nitrogens with one attached hydrogen (secondary N) is 1. The Morgan fingerprint density at radius 2 is 2.00 bits per heavy atom. The Balaban J connectivity index is 1.99. The van der Waals surface area contributed by atoms with Crippen molar-refractivity contribution in [3.05, 3.63) is 35.4 Å². The number of carbonyl (C=O) groups excluding carboxylic acids is 1. The Morgan fingerprint density at radius 1 is 1.24 bits per heavy atom. The molecule has 1 aliphatic rings. The zero-order chi connectivity index (χ0) is 12.1. The van der Waals surface area contributed by atoms with Crippen LogP contribution in [0.1, 0.15) is 24.0 Å². The molecule has 0 radical (unpaired) electrons. The van der Waals surface area contributed by atoms with E-state index in [0.717, 1.165) is 32.5 Å². The number of rotatable bonds is 2. The molecule has 3 nitrogen and oxygen atoms in total. The predicted molar refractivity (Wildman–Crippen MR) is 68.7 cm³/mol. The van der Waals surface area contributed by atoms with Crippen LogP contribution < -0.4 is 5.32 Å². The van der Waals surface area contributed by atoms with E-state index >= 15 is 0 Å². The fourth-order valence-corrected chi connectivity index (χ4v) is 2.07. The highest BCUT2D eigenvalue weighted by Crippen LogP contribution is 2.09. The second kappa shape index (κ2) is 5.82. The van der Waals surface area contributed by atoms with Gasteiger partial charge in [-0.1, -0.05) is 29.8 Å². The summed E-state index contributed by atoms with van der Waals surface area (Å²) in [6.07, 6.45) is 2.24. The van der Waals surface area contributed by atoms with Crippen molar-refractivity contribution in [3.8, 4) is 0 Å². The molecule has 1 aromatic rings. The van der Waals surface area contributed by atoms with Crippen molar-refractivity contribution in [2.75, 3.05) is 19.6 Å². The minimum atomic E-state index is 0.213. The highest BCUT2D eigenvalue weighted by Gasteiger charge is 2.15. The van der Waals surface area contributed by atoms with Crippen molar-refractivity contribution in [2.24, 2.45) is 0 Å². The van der Waals surface area contributed by atoms with Crippen LogP contribution in [0, 0.1) is 6.92 Å². The van der Waals surface area contributed by atoms with Crippen LogP contribution in [-0.2, 0) is 11.3 Å². The topological polar surface area (TPSA) is 32.3 Å². The molecule has 3 heteroatoms. The van der Waals surface area contributed by atoms with E-state index in [0.29, 0.717) is 6.54 Å². The van der Waals surface area contributed by atoms with Crippen LogP contribution in [-0.4, -0.2) is 30.4 Å². The number of hydrogen-bond donors (Lipinski definition) is 1. The number of carbonyl (C=O) groups is 1. The molecular formula is C14H20N2O. The van der Waals surface area contributed by atoms with E-state index in [1.54, 1.807) is 0 Å². The molecule has 1 amide bonds. The van der Waals surface area contributed by atoms with E-state index in [-0.39, 0.29) is 5.91 Å². The first-order chi connectivity index (χ1) is 8.25. The van der Waals surface area contributed by atoms with Crippen LogP contribution in [0.2, 0.25) is 0 Å². The summed E-state index contributed by atoms with van der Waals surface area (Å²) in [7, 11) is 0. The maximum absolute atomic E-state index is 11.9. The van der Waals surface area contributed by atoms with Crippen LogP contribution in [0.15, 0.2) is 24.3 Å². The summed E-state index contributed by atoms with van der Waals surface area (Å²) in [5.41, 5.74) is 2.47. The summed E-state index contributed by atoms with van der Waals surface area (Å²) < 4.78 is 0. The number of nitrogens with zero attached hydrogens (tertiary/aromatic N) is 1. The molecule has 1 N–H and O–H groups in total. The molecule has 0 bridgehead atoms. The van der Waals surface area contributed by atoms with Gasteiger partial charge in [0.1, 0.15) is 0 Å². The van der Waals surface area contributed by atoms with E-state index in [9.17, 15) is 4.79 Å². The fourth-order valence-electron chi connectivity index (χ4n) is 2.07. The lowest BCUT2D eigenvalue weighted by atomic mass is 10.1. The minimum Gasteiger partial charge on any atom is -0.337 e. The van der Waals surface area contributed by atoms with Gasteiger partial charge in [-0.3, -0.25) is 4.79 Å². The molecule has 1 saturated heterocycles. The molecule has 17 heavy (non-hydrogen) atoms. The zero-order valence-corrected chi connectivity index (χ0v) is 10.4. The van der Waals surface area contributed by atoms with Crippen LogP contribution in [0.25, 0.3) is 0 Å². The monoisotopic (exact) mass is 232 g/mol. The molecule has 0 unspecified atom stereocenters. The molecular weight excluding hydrogens is 212 g/mol. The quantitative estimate of drug-likeness (QED) is 0.842. The summed E-state index contributed by atoms with van der Waals surface area (Å²) in [6, 6.07) is 8.41. The van der Waals surface area contributed by atoms with Gasteiger partial charge in [0.2, 0.25) is 5.91 Å². The van der Waals surface area contributed by atoms with Crippen molar-refractivity contribution in [1.29, 1.82) is 0 Å². The Bertz CT molecular complexity index is 372. The first-order valence-electron chi connectivity index (χ1n) is 6.30. The van der Waals surface area contributed by atoms with Gasteiger partial charge >= 0.3 is 0 Å². The summed E-state index contributed by atoms with van der Waals surface area (Å²) in [5, 5.41) is 3.17.